The van der Waals surface area contributed by atoms with Crippen molar-refractivity contribution < 1.29 is 18.7 Å². The maximum absolute atomic E-state index is 10.7. The first-order valence-electron chi connectivity index (χ1n) is 3.43. The van der Waals surface area contributed by atoms with Crippen LogP contribution < -0.4 is 3.82 Å². The zero-order chi connectivity index (χ0) is 10.7. The zero-order valence-corrected chi connectivity index (χ0v) is 8.33. The standard InChI is InChI=1S/C7H6ClNO4S/c8-9(14(12)13)6-4-2-1-3-5(6)7(10)11/h1-4H,(H,10,11)(H,12,13). The fraction of sp³-hybridized carbons (Fsp3) is 0. The fourth-order valence-corrected chi connectivity index (χ4v) is 1.37. The van der Waals surface area contributed by atoms with E-state index in [0.29, 0.717) is 3.82 Å². The minimum Gasteiger partial charge on any atom is -0.478 e. The molecule has 0 bridgehead atoms. The van der Waals surface area contributed by atoms with Gasteiger partial charge in [-0.2, -0.15) is 3.82 Å². The van der Waals surface area contributed by atoms with Crippen LogP contribution in [-0.2, 0) is 11.3 Å². The summed E-state index contributed by atoms with van der Waals surface area (Å²) < 4.78 is 19.7. The molecule has 1 rings (SSSR count). The van der Waals surface area contributed by atoms with E-state index in [1.807, 2.05) is 0 Å². The third-order valence-corrected chi connectivity index (χ3v) is 2.47. The monoisotopic (exact) mass is 235 g/mol. The number of anilines is 1. The van der Waals surface area contributed by atoms with Crippen molar-refractivity contribution in [1.29, 1.82) is 0 Å². The number of carboxylic acids is 1. The molecule has 7 heteroatoms. The van der Waals surface area contributed by atoms with Gasteiger partial charge in [0.25, 0.3) is 11.3 Å². The Morgan fingerprint density at radius 3 is 2.50 bits per heavy atom. The molecule has 0 saturated heterocycles. The molecule has 14 heavy (non-hydrogen) atoms. The summed E-state index contributed by atoms with van der Waals surface area (Å²) >= 11 is 2.96. The van der Waals surface area contributed by atoms with Crippen LogP contribution >= 0.6 is 11.8 Å². The number of carbonyl (C=O) groups is 1. The Labute approximate surface area is 87.4 Å². The third-order valence-electron chi connectivity index (χ3n) is 1.46. The normalized spacial score (nSPS) is 12.1. The van der Waals surface area contributed by atoms with Gasteiger partial charge in [-0.1, -0.05) is 12.1 Å². The number of nitrogens with zero attached hydrogens (tertiary/aromatic N) is 1. The molecule has 0 amide bonds. The fourth-order valence-electron chi connectivity index (χ4n) is 0.892. The first-order valence-corrected chi connectivity index (χ1v) is 4.83. The maximum Gasteiger partial charge on any atom is 0.337 e. The number of hydrogen-bond acceptors (Lipinski definition) is 2. The van der Waals surface area contributed by atoms with Crippen molar-refractivity contribution in [3.63, 3.8) is 0 Å². The molecule has 2 N–H and O–H groups in total. The molecule has 0 saturated carbocycles. The number of carboxylic acid groups (broad SMARTS) is 1. The largest absolute Gasteiger partial charge is 0.478 e. The number of para-hydroxylation sites is 1. The minimum absolute atomic E-state index is 0.0255. The van der Waals surface area contributed by atoms with Crippen LogP contribution in [0, 0.1) is 0 Å². The summed E-state index contributed by atoms with van der Waals surface area (Å²) in [5, 5.41) is 8.73. The van der Waals surface area contributed by atoms with E-state index in [1.54, 1.807) is 0 Å². The van der Waals surface area contributed by atoms with Gasteiger partial charge < -0.3 is 5.11 Å². The number of aromatic carboxylic acids is 1. The Hall–Kier alpha value is -1.11. The molecule has 0 aliphatic carbocycles. The molecule has 0 heterocycles. The van der Waals surface area contributed by atoms with Crippen LogP contribution in [0.25, 0.3) is 0 Å². The first-order chi connectivity index (χ1) is 6.54. The van der Waals surface area contributed by atoms with E-state index >= 15 is 0 Å². The summed E-state index contributed by atoms with van der Waals surface area (Å²) in [5.41, 5.74) is -0.160. The summed E-state index contributed by atoms with van der Waals surface area (Å²) in [7, 11) is 0. The lowest BCUT2D eigenvalue weighted by Gasteiger charge is -2.12. The van der Waals surface area contributed by atoms with Gasteiger partial charge in [0.15, 0.2) is 0 Å². The summed E-state index contributed by atoms with van der Waals surface area (Å²) in [5.74, 6) is -1.21. The van der Waals surface area contributed by atoms with Crippen molar-refractivity contribution in [1.82, 2.24) is 0 Å². The molecular formula is C7H6ClNO4S. The van der Waals surface area contributed by atoms with Crippen molar-refractivity contribution in [2.24, 2.45) is 0 Å². The molecule has 5 nitrogen and oxygen atoms in total. The van der Waals surface area contributed by atoms with Crippen LogP contribution in [0.2, 0.25) is 0 Å². The van der Waals surface area contributed by atoms with Crippen LogP contribution in [0.15, 0.2) is 24.3 Å². The van der Waals surface area contributed by atoms with Crippen LogP contribution in [0.3, 0.4) is 0 Å². The molecule has 0 fully saturated rings. The molecular weight excluding hydrogens is 230 g/mol. The van der Waals surface area contributed by atoms with Crippen LogP contribution in [0.4, 0.5) is 5.69 Å². The number of benzene rings is 1. The Balaban J connectivity index is 3.19. The topological polar surface area (TPSA) is 77.8 Å². The van der Waals surface area contributed by atoms with Gasteiger partial charge in [0.2, 0.25) is 0 Å². The molecule has 0 aromatic heterocycles. The van der Waals surface area contributed by atoms with E-state index in [0.717, 1.165) is 0 Å². The molecule has 0 aliphatic rings. The van der Waals surface area contributed by atoms with Gasteiger partial charge in [-0.3, -0.25) is 4.55 Å². The highest BCUT2D eigenvalue weighted by Crippen LogP contribution is 2.22. The SMILES string of the molecule is O=C(O)c1ccccc1N(Cl)S(=O)O. The lowest BCUT2D eigenvalue weighted by Crippen LogP contribution is -2.16. The molecule has 1 unspecified atom stereocenters. The maximum atomic E-state index is 10.7. The van der Waals surface area contributed by atoms with Gasteiger partial charge in [-0.15, -0.1) is 0 Å². The second kappa shape index (κ2) is 4.41. The van der Waals surface area contributed by atoms with Gasteiger partial charge in [0.05, 0.1) is 11.3 Å². The number of halogens is 1. The lowest BCUT2D eigenvalue weighted by molar-refractivity contribution is 0.0698. The van der Waals surface area contributed by atoms with E-state index in [-0.39, 0.29) is 11.3 Å². The molecule has 1 aromatic rings. The van der Waals surface area contributed by atoms with E-state index < -0.39 is 17.2 Å². The number of rotatable bonds is 3. The summed E-state index contributed by atoms with van der Waals surface area (Å²) in [6.45, 7) is 0. The summed E-state index contributed by atoms with van der Waals surface area (Å²) in [6, 6.07) is 5.65. The smallest absolute Gasteiger partial charge is 0.337 e. The summed E-state index contributed by atoms with van der Waals surface area (Å²) in [6.07, 6.45) is 0. The molecule has 1 atom stereocenters. The van der Waals surface area contributed by atoms with Gasteiger partial charge >= 0.3 is 5.97 Å². The Morgan fingerprint density at radius 1 is 1.43 bits per heavy atom. The van der Waals surface area contributed by atoms with Gasteiger partial charge in [-0.25, -0.2) is 9.00 Å². The highest BCUT2D eigenvalue weighted by atomic mass is 35.5. The number of hydrogen-bond donors (Lipinski definition) is 2. The predicted molar refractivity (Wildman–Crippen MR) is 52.5 cm³/mol. The van der Waals surface area contributed by atoms with E-state index in [9.17, 15) is 9.00 Å². The average Bonchev–Trinajstić information content (AvgIpc) is 2.16. The zero-order valence-electron chi connectivity index (χ0n) is 6.75. The average molecular weight is 236 g/mol. The van der Waals surface area contributed by atoms with Gasteiger partial charge in [0, 0.05) is 11.8 Å². The minimum atomic E-state index is -2.45. The lowest BCUT2D eigenvalue weighted by atomic mass is 10.2. The van der Waals surface area contributed by atoms with Crippen LogP contribution in [-0.4, -0.2) is 19.8 Å². The Bertz CT molecular complexity index is 384. The van der Waals surface area contributed by atoms with Crippen molar-refractivity contribution in [3.8, 4) is 0 Å². The Kier molecular flexibility index (Phi) is 3.45. The van der Waals surface area contributed by atoms with E-state index in [1.165, 1.54) is 24.3 Å². The van der Waals surface area contributed by atoms with Crippen molar-refractivity contribution in [3.05, 3.63) is 29.8 Å². The quantitative estimate of drug-likeness (QED) is 0.615. The van der Waals surface area contributed by atoms with Crippen molar-refractivity contribution in [2.75, 3.05) is 3.82 Å². The second-order valence-electron chi connectivity index (χ2n) is 2.30. The van der Waals surface area contributed by atoms with Gasteiger partial charge in [-0.05, 0) is 12.1 Å². The van der Waals surface area contributed by atoms with E-state index in [2.05, 4.69) is 0 Å². The molecule has 0 radical (unpaired) electrons. The third kappa shape index (κ3) is 2.22. The predicted octanol–water partition coefficient (Wildman–Crippen LogP) is 1.48. The van der Waals surface area contributed by atoms with Crippen LogP contribution in [0.1, 0.15) is 10.4 Å². The van der Waals surface area contributed by atoms with Crippen LogP contribution in [0.5, 0.6) is 0 Å². The molecule has 0 aliphatic heterocycles. The van der Waals surface area contributed by atoms with E-state index in [4.69, 9.17) is 21.4 Å². The highest BCUT2D eigenvalue weighted by molar-refractivity contribution is 7.82. The van der Waals surface area contributed by atoms with Crippen molar-refractivity contribution in [2.45, 2.75) is 0 Å². The van der Waals surface area contributed by atoms with Gasteiger partial charge in [0.1, 0.15) is 0 Å². The molecule has 0 spiro atoms. The molecule has 76 valence electrons. The first kappa shape index (κ1) is 11.0. The second-order valence-corrected chi connectivity index (χ2v) is 3.66. The van der Waals surface area contributed by atoms with Crippen molar-refractivity contribution >= 4 is 34.7 Å². The molecule has 1 aromatic carbocycles. The summed E-state index contributed by atoms with van der Waals surface area (Å²) in [4.78, 5) is 10.7. The Morgan fingerprint density at radius 2 is 2.00 bits per heavy atom. The highest BCUT2D eigenvalue weighted by Gasteiger charge is 2.17.